The molecule has 0 spiro atoms. The van der Waals surface area contributed by atoms with Crippen molar-refractivity contribution >= 4 is 17.7 Å². The maximum atomic E-state index is 13.8. The van der Waals surface area contributed by atoms with Crippen LogP contribution >= 0.6 is 0 Å². The molecule has 264 valence electrons. The standard InChI is InChI=1S/C40H48N4O6/c1-4-18-44(19-5-2)40(48)33-23-31(38(41)46)22-32(24-33)39(47)43-36(37(45)26-42-25-30-12-9-13-35(20-30)49-3)21-28-14-16-34(17-15-28)50-27-29-10-7-6-8-11-29/h6-17,20,22-24,36-37,42,45H,4-5,18-19,21,25-27H2,1-3H3,(H2,41,46)(H,43,47). The molecule has 0 bridgehead atoms. The molecule has 0 radical (unpaired) electrons. The first-order chi connectivity index (χ1) is 24.2. The average Bonchev–Trinajstić information content (AvgIpc) is 3.14. The Morgan fingerprint density at radius 1 is 0.780 bits per heavy atom. The Labute approximate surface area is 294 Å². The maximum Gasteiger partial charge on any atom is 0.253 e. The number of amides is 3. The minimum atomic E-state index is -0.997. The maximum absolute atomic E-state index is 13.8. The highest BCUT2D eigenvalue weighted by Crippen LogP contribution is 2.19. The largest absolute Gasteiger partial charge is 0.497 e. The summed E-state index contributed by atoms with van der Waals surface area (Å²) in [6.45, 7) is 6.13. The second kappa shape index (κ2) is 19.1. The monoisotopic (exact) mass is 680 g/mol. The number of methoxy groups -OCH3 is 1. The third-order valence-electron chi connectivity index (χ3n) is 8.23. The van der Waals surface area contributed by atoms with E-state index in [1.165, 1.54) is 18.2 Å². The number of carbonyl (C=O) groups is 3. The van der Waals surface area contributed by atoms with Gasteiger partial charge >= 0.3 is 0 Å². The first-order valence-electron chi connectivity index (χ1n) is 17.0. The molecule has 0 saturated heterocycles. The minimum Gasteiger partial charge on any atom is -0.497 e. The highest BCUT2D eigenvalue weighted by Gasteiger charge is 2.25. The molecular weight excluding hydrogens is 632 g/mol. The summed E-state index contributed by atoms with van der Waals surface area (Å²) in [5.74, 6) is -0.147. The van der Waals surface area contributed by atoms with Gasteiger partial charge in [0.25, 0.3) is 11.8 Å². The van der Waals surface area contributed by atoms with Gasteiger partial charge < -0.3 is 35.8 Å². The Hall–Kier alpha value is -5.19. The molecule has 5 N–H and O–H groups in total. The van der Waals surface area contributed by atoms with E-state index in [1.54, 1.807) is 12.0 Å². The summed E-state index contributed by atoms with van der Waals surface area (Å²) in [5, 5.41) is 17.7. The van der Waals surface area contributed by atoms with Crippen LogP contribution in [-0.4, -0.2) is 66.6 Å². The highest BCUT2D eigenvalue weighted by atomic mass is 16.5. The highest BCUT2D eigenvalue weighted by molar-refractivity contribution is 6.04. The zero-order chi connectivity index (χ0) is 35.9. The zero-order valence-corrected chi connectivity index (χ0v) is 29.1. The van der Waals surface area contributed by atoms with Crippen LogP contribution in [0.5, 0.6) is 11.5 Å². The van der Waals surface area contributed by atoms with Gasteiger partial charge in [-0.05, 0) is 78.4 Å². The summed E-state index contributed by atoms with van der Waals surface area (Å²) in [7, 11) is 1.61. The second-order valence-electron chi connectivity index (χ2n) is 12.2. The number of nitrogens with zero attached hydrogens (tertiary/aromatic N) is 1. The third-order valence-corrected chi connectivity index (χ3v) is 8.23. The number of hydrogen-bond acceptors (Lipinski definition) is 7. The van der Waals surface area contributed by atoms with Crippen molar-refractivity contribution in [2.75, 3.05) is 26.7 Å². The number of carbonyl (C=O) groups excluding carboxylic acids is 3. The van der Waals surface area contributed by atoms with Crippen molar-refractivity contribution in [2.45, 2.75) is 58.4 Å². The lowest BCUT2D eigenvalue weighted by Gasteiger charge is -2.25. The van der Waals surface area contributed by atoms with Crippen LogP contribution in [0, 0.1) is 0 Å². The fraction of sp³-hybridized carbons (Fsp3) is 0.325. The fourth-order valence-electron chi connectivity index (χ4n) is 5.60. The van der Waals surface area contributed by atoms with Crippen molar-refractivity contribution in [3.05, 3.63) is 130 Å². The van der Waals surface area contributed by atoms with Gasteiger partial charge in [-0.25, -0.2) is 0 Å². The molecule has 0 aromatic heterocycles. The lowest BCUT2D eigenvalue weighted by molar-refractivity contribution is 0.0755. The van der Waals surface area contributed by atoms with Crippen LogP contribution < -0.4 is 25.8 Å². The number of aliphatic hydroxyl groups excluding tert-OH is 1. The van der Waals surface area contributed by atoms with Crippen LogP contribution in [-0.2, 0) is 19.6 Å². The molecule has 10 heteroatoms. The Kier molecular flexibility index (Phi) is 14.4. The van der Waals surface area contributed by atoms with E-state index in [4.69, 9.17) is 15.2 Å². The summed E-state index contributed by atoms with van der Waals surface area (Å²) >= 11 is 0. The quantitative estimate of drug-likeness (QED) is 0.108. The van der Waals surface area contributed by atoms with Crippen molar-refractivity contribution in [3.8, 4) is 11.5 Å². The van der Waals surface area contributed by atoms with Gasteiger partial charge in [0.2, 0.25) is 5.91 Å². The number of aliphatic hydroxyl groups is 1. The van der Waals surface area contributed by atoms with E-state index >= 15 is 0 Å². The number of benzene rings is 4. The number of ether oxygens (including phenoxy) is 2. The Bertz CT molecular complexity index is 1690. The van der Waals surface area contributed by atoms with Gasteiger partial charge in [0.1, 0.15) is 18.1 Å². The fourth-order valence-corrected chi connectivity index (χ4v) is 5.60. The molecule has 50 heavy (non-hydrogen) atoms. The third kappa shape index (κ3) is 11.2. The summed E-state index contributed by atoms with van der Waals surface area (Å²) in [6.07, 6.45) is 0.832. The molecule has 2 atom stereocenters. The first-order valence-corrected chi connectivity index (χ1v) is 17.0. The molecule has 2 unspecified atom stereocenters. The summed E-state index contributed by atoms with van der Waals surface area (Å²) in [6, 6.07) is 28.6. The van der Waals surface area contributed by atoms with Crippen molar-refractivity contribution in [1.82, 2.24) is 15.5 Å². The molecule has 0 fully saturated rings. The van der Waals surface area contributed by atoms with E-state index in [9.17, 15) is 19.5 Å². The summed E-state index contributed by atoms with van der Waals surface area (Å²) < 4.78 is 11.3. The van der Waals surface area contributed by atoms with Crippen molar-refractivity contribution in [3.63, 3.8) is 0 Å². The van der Waals surface area contributed by atoms with Gasteiger partial charge in [0.15, 0.2) is 0 Å². The van der Waals surface area contributed by atoms with E-state index in [0.29, 0.717) is 38.4 Å². The van der Waals surface area contributed by atoms with Crippen molar-refractivity contribution in [2.24, 2.45) is 5.73 Å². The molecular formula is C40H48N4O6. The van der Waals surface area contributed by atoms with Crippen LogP contribution in [0.3, 0.4) is 0 Å². The van der Waals surface area contributed by atoms with Crippen molar-refractivity contribution < 1.29 is 29.0 Å². The summed E-state index contributed by atoms with van der Waals surface area (Å²) in [5.41, 5.74) is 8.88. The van der Waals surface area contributed by atoms with E-state index in [2.05, 4.69) is 10.6 Å². The molecule has 4 aromatic carbocycles. The Morgan fingerprint density at radius 3 is 2.10 bits per heavy atom. The Morgan fingerprint density at radius 2 is 1.44 bits per heavy atom. The average molecular weight is 681 g/mol. The molecule has 0 aliphatic rings. The van der Waals surface area contributed by atoms with Gasteiger partial charge in [0.05, 0.1) is 19.3 Å². The van der Waals surface area contributed by atoms with E-state index < -0.39 is 24.0 Å². The second-order valence-corrected chi connectivity index (χ2v) is 12.2. The molecule has 0 aliphatic heterocycles. The normalized spacial score (nSPS) is 12.1. The molecule has 3 amide bonds. The molecule has 4 rings (SSSR count). The van der Waals surface area contributed by atoms with E-state index in [0.717, 1.165) is 35.3 Å². The Balaban J connectivity index is 1.54. The van der Waals surface area contributed by atoms with Crippen LogP contribution in [0.2, 0.25) is 0 Å². The SMILES string of the molecule is CCCN(CCC)C(=O)c1cc(C(N)=O)cc(C(=O)NC(Cc2ccc(OCc3ccccc3)cc2)C(O)CNCc2cccc(OC)c2)c1. The number of nitrogens with two attached hydrogens (primary N) is 1. The number of rotatable bonds is 19. The van der Waals surface area contributed by atoms with Crippen LogP contribution in [0.4, 0.5) is 0 Å². The molecule has 4 aromatic rings. The minimum absolute atomic E-state index is 0.0529. The van der Waals surface area contributed by atoms with Crippen LogP contribution in [0.25, 0.3) is 0 Å². The van der Waals surface area contributed by atoms with Gasteiger partial charge in [-0.2, -0.15) is 0 Å². The smallest absolute Gasteiger partial charge is 0.253 e. The zero-order valence-electron chi connectivity index (χ0n) is 29.1. The number of primary amides is 1. The van der Waals surface area contributed by atoms with Gasteiger partial charge in [-0.3, -0.25) is 14.4 Å². The number of nitrogens with one attached hydrogen (secondary N) is 2. The molecule has 10 nitrogen and oxygen atoms in total. The first kappa shape index (κ1) is 37.6. The predicted octanol–water partition coefficient (Wildman–Crippen LogP) is 5.13. The number of hydrogen-bond donors (Lipinski definition) is 4. The van der Waals surface area contributed by atoms with E-state index in [-0.39, 0.29) is 29.1 Å². The van der Waals surface area contributed by atoms with E-state index in [1.807, 2.05) is 92.7 Å². The van der Waals surface area contributed by atoms with Crippen molar-refractivity contribution in [1.29, 1.82) is 0 Å². The van der Waals surface area contributed by atoms with Crippen LogP contribution in [0.1, 0.15) is 74.5 Å². The van der Waals surface area contributed by atoms with Gasteiger partial charge in [-0.1, -0.05) is 68.4 Å². The van der Waals surface area contributed by atoms with Gasteiger partial charge in [-0.15, -0.1) is 0 Å². The molecule has 0 saturated carbocycles. The van der Waals surface area contributed by atoms with Crippen LogP contribution in [0.15, 0.2) is 97.1 Å². The predicted molar refractivity (Wildman–Crippen MR) is 194 cm³/mol. The topological polar surface area (TPSA) is 143 Å². The lowest BCUT2D eigenvalue weighted by atomic mass is 9.99. The van der Waals surface area contributed by atoms with Gasteiger partial charge in [0, 0.05) is 42.9 Å². The lowest BCUT2D eigenvalue weighted by Crippen LogP contribution is -2.48. The molecule has 0 aliphatic carbocycles. The molecule has 0 heterocycles. The summed E-state index contributed by atoms with van der Waals surface area (Å²) in [4.78, 5) is 41.2.